The molecular weight excluding hydrogens is 176 g/mol. The molecule has 1 fully saturated rings. The molecule has 1 saturated carbocycles. The zero-order valence-electron chi connectivity index (χ0n) is 8.16. The van der Waals surface area contributed by atoms with E-state index in [4.69, 9.17) is 5.73 Å². The van der Waals surface area contributed by atoms with Gasteiger partial charge in [0, 0.05) is 17.6 Å². The highest BCUT2D eigenvalue weighted by molar-refractivity contribution is 5.94. The van der Waals surface area contributed by atoms with Gasteiger partial charge in [-0.1, -0.05) is 17.7 Å². The van der Waals surface area contributed by atoms with Gasteiger partial charge in [-0.25, -0.2) is 0 Å². The lowest BCUT2D eigenvalue weighted by molar-refractivity contribution is 0.0950. The van der Waals surface area contributed by atoms with Gasteiger partial charge in [0.25, 0.3) is 5.91 Å². The Hall–Kier alpha value is -1.35. The summed E-state index contributed by atoms with van der Waals surface area (Å²) >= 11 is 0. The minimum absolute atomic E-state index is 0.0250. The quantitative estimate of drug-likeness (QED) is 0.725. The predicted octanol–water partition coefficient (Wildman–Crippen LogP) is 0.824. The maximum Gasteiger partial charge on any atom is 0.251 e. The van der Waals surface area contributed by atoms with Gasteiger partial charge in [-0.15, -0.1) is 0 Å². The normalized spacial score (nSPS) is 24.4. The molecule has 2 unspecified atom stereocenters. The van der Waals surface area contributed by atoms with Crippen molar-refractivity contribution in [2.75, 3.05) is 0 Å². The predicted molar refractivity (Wildman–Crippen MR) is 55.0 cm³/mol. The maximum absolute atomic E-state index is 11.6. The Labute approximate surface area is 83.3 Å². The van der Waals surface area contributed by atoms with E-state index < -0.39 is 0 Å². The number of rotatable bonds is 2. The molecule has 1 aliphatic rings. The molecule has 2 rings (SSSR count). The van der Waals surface area contributed by atoms with Gasteiger partial charge in [0.05, 0.1) is 0 Å². The highest BCUT2D eigenvalue weighted by Crippen LogP contribution is 2.18. The molecule has 1 aromatic carbocycles. The van der Waals surface area contributed by atoms with Crippen LogP contribution >= 0.6 is 0 Å². The number of nitrogens with two attached hydrogens (primary N) is 1. The fourth-order valence-corrected chi connectivity index (χ4v) is 1.34. The molecular formula is C11H14N2O. The van der Waals surface area contributed by atoms with E-state index in [0.29, 0.717) is 5.56 Å². The first-order valence-electron chi connectivity index (χ1n) is 4.80. The Balaban J connectivity index is 2.00. The molecule has 3 N–H and O–H groups in total. The average molecular weight is 190 g/mol. The fraction of sp³-hybridized carbons (Fsp3) is 0.364. The number of hydrogen-bond acceptors (Lipinski definition) is 2. The summed E-state index contributed by atoms with van der Waals surface area (Å²) in [7, 11) is 0. The van der Waals surface area contributed by atoms with Crippen LogP contribution in [0.15, 0.2) is 24.3 Å². The Morgan fingerprint density at radius 1 is 1.43 bits per heavy atom. The van der Waals surface area contributed by atoms with E-state index in [1.807, 2.05) is 31.2 Å². The first-order valence-corrected chi connectivity index (χ1v) is 4.80. The summed E-state index contributed by atoms with van der Waals surface area (Å²) in [4.78, 5) is 11.6. The van der Waals surface area contributed by atoms with Gasteiger partial charge in [0.2, 0.25) is 0 Å². The SMILES string of the molecule is Cc1ccc(C(=O)NC2CC2N)cc1. The van der Waals surface area contributed by atoms with Crippen molar-refractivity contribution in [3.05, 3.63) is 35.4 Å². The van der Waals surface area contributed by atoms with Crippen molar-refractivity contribution in [1.29, 1.82) is 0 Å². The van der Waals surface area contributed by atoms with E-state index in [1.54, 1.807) is 0 Å². The Morgan fingerprint density at radius 2 is 2.00 bits per heavy atom. The molecule has 0 bridgehead atoms. The van der Waals surface area contributed by atoms with E-state index in [1.165, 1.54) is 0 Å². The summed E-state index contributed by atoms with van der Waals surface area (Å²) in [6.07, 6.45) is 0.900. The summed E-state index contributed by atoms with van der Waals surface area (Å²) in [6, 6.07) is 7.87. The summed E-state index contributed by atoms with van der Waals surface area (Å²) in [5, 5.41) is 2.88. The zero-order valence-corrected chi connectivity index (χ0v) is 8.16. The van der Waals surface area contributed by atoms with E-state index in [-0.39, 0.29) is 18.0 Å². The van der Waals surface area contributed by atoms with Crippen molar-refractivity contribution < 1.29 is 4.79 Å². The Kier molecular flexibility index (Phi) is 2.25. The van der Waals surface area contributed by atoms with Crippen LogP contribution in [0.25, 0.3) is 0 Å². The first-order chi connectivity index (χ1) is 6.66. The third-order valence-electron chi connectivity index (χ3n) is 2.47. The molecule has 1 amide bonds. The van der Waals surface area contributed by atoms with Crippen molar-refractivity contribution in [3.8, 4) is 0 Å². The molecule has 14 heavy (non-hydrogen) atoms. The molecule has 3 heteroatoms. The number of carbonyl (C=O) groups is 1. The molecule has 3 nitrogen and oxygen atoms in total. The number of aryl methyl sites for hydroxylation is 1. The second-order valence-electron chi connectivity index (χ2n) is 3.85. The molecule has 0 heterocycles. The van der Waals surface area contributed by atoms with Gasteiger partial charge in [-0.2, -0.15) is 0 Å². The molecule has 1 aliphatic carbocycles. The molecule has 1 aromatic rings. The number of amides is 1. The molecule has 0 radical (unpaired) electrons. The van der Waals surface area contributed by atoms with Gasteiger partial charge in [-0.05, 0) is 25.5 Å². The summed E-state index contributed by atoms with van der Waals surface area (Å²) in [5.41, 5.74) is 7.46. The molecule has 2 atom stereocenters. The molecule has 74 valence electrons. The standard InChI is InChI=1S/C11H14N2O/c1-7-2-4-8(5-3-7)11(14)13-10-6-9(10)12/h2-5,9-10H,6,12H2,1H3,(H,13,14). The lowest BCUT2D eigenvalue weighted by Gasteiger charge is -2.03. The minimum atomic E-state index is -0.0250. The highest BCUT2D eigenvalue weighted by Gasteiger charge is 2.34. The Morgan fingerprint density at radius 3 is 2.50 bits per heavy atom. The van der Waals surface area contributed by atoms with Crippen molar-refractivity contribution in [2.45, 2.75) is 25.4 Å². The molecule has 0 aliphatic heterocycles. The first kappa shape index (κ1) is 9.21. The van der Waals surface area contributed by atoms with Crippen LogP contribution in [-0.2, 0) is 0 Å². The summed E-state index contributed by atoms with van der Waals surface area (Å²) in [5.74, 6) is -0.0250. The zero-order chi connectivity index (χ0) is 10.1. The minimum Gasteiger partial charge on any atom is -0.348 e. The second kappa shape index (κ2) is 3.42. The number of carbonyl (C=O) groups excluding carboxylic acids is 1. The van der Waals surface area contributed by atoms with Crippen LogP contribution in [0.4, 0.5) is 0 Å². The van der Waals surface area contributed by atoms with Gasteiger partial charge in [-0.3, -0.25) is 4.79 Å². The fourth-order valence-electron chi connectivity index (χ4n) is 1.34. The van der Waals surface area contributed by atoms with Crippen molar-refractivity contribution >= 4 is 5.91 Å². The topological polar surface area (TPSA) is 55.1 Å². The van der Waals surface area contributed by atoms with Crippen LogP contribution < -0.4 is 11.1 Å². The third kappa shape index (κ3) is 1.93. The second-order valence-corrected chi connectivity index (χ2v) is 3.85. The highest BCUT2D eigenvalue weighted by atomic mass is 16.1. The van der Waals surface area contributed by atoms with Gasteiger partial charge >= 0.3 is 0 Å². The lowest BCUT2D eigenvalue weighted by Crippen LogP contribution is -2.29. The van der Waals surface area contributed by atoms with Crippen molar-refractivity contribution in [3.63, 3.8) is 0 Å². The van der Waals surface area contributed by atoms with Crippen LogP contribution in [0.5, 0.6) is 0 Å². The van der Waals surface area contributed by atoms with Gasteiger partial charge in [0.1, 0.15) is 0 Å². The number of benzene rings is 1. The van der Waals surface area contributed by atoms with Crippen LogP contribution in [0, 0.1) is 6.92 Å². The van der Waals surface area contributed by atoms with E-state index in [0.717, 1.165) is 12.0 Å². The average Bonchev–Trinajstić information content (AvgIpc) is 2.82. The third-order valence-corrected chi connectivity index (χ3v) is 2.47. The molecule has 0 aromatic heterocycles. The van der Waals surface area contributed by atoms with Crippen molar-refractivity contribution in [1.82, 2.24) is 5.32 Å². The summed E-state index contributed by atoms with van der Waals surface area (Å²) < 4.78 is 0. The largest absolute Gasteiger partial charge is 0.348 e. The van der Waals surface area contributed by atoms with Crippen LogP contribution in [0.2, 0.25) is 0 Å². The van der Waals surface area contributed by atoms with Crippen LogP contribution in [-0.4, -0.2) is 18.0 Å². The van der Waals surface area contributed by atoms with Crippen LogP contribution in [0.3, 0.4) is 0 Å². The lowest BCUT2D eigenvalue weighted by atomic mass is 10.1. The monoisotopic (exact) mass is 190 g/mol. The maximum atomic E-state index is 11.6. The summed E-state index contributed by atoms with van der Waals surface area (Å²) in [6.45, 7) is 2.00. The van der Waals surface area contributed by atoms with Gasteiger partial charge < -0.3 is 11.1 Å². The van der Waals surface area contributed by atoms with E-state index >= 15 is 0 Å². The molecule has 0 saturated heterocycles. The van der Waals surface area contributed by atoms with E-state index in [2.05, 4.69) is 5.32 Å². The Bertz CT molecular complexity index is 345. The van der Waals surface area contributed by atoms with Gasteiger partial charge in [0.15, 0.2) is 0 Å². The smallest absolute Gasteiger partial charge is 0.251 e. The van der Waals surface area contributed by atoms with Crippen molar-refractivity contribution in [2.24, 2.45) is 5.73 Å². The molecule has 0 spiro atoms. The van der Waals surface area contributed by atoms with Crippen LogP contribution in [0.1, 0.15) is 22.3 Å². The number of nitrogens with one attached hydrogen (secondary N) is 1. The van der Waals surface area contributed by atoms with E-state index in [9.17, 15) is 4.79 Å². The number of hydrogen-bond donors (Lipinski definition) is 2.